The molecule has 176 valence electrons. The van der Waals surface area contributed by atoms with Crippen LogP contribution in [-0.2, 0) is 9.59 Å². The zero-order valence-electron chi connectivity index (χ0n) is 17.2. The lowest BCUT2D eigenvalue weighted by Gasteiger charge is -2.40. The monoisotopic (exact) mass is 478 g/mol. The number of carbonyl (C=O) groups is 2. The van der Waals surface area contributed by atoms with Crippen LogP contribution in [0.1, 0.15) is 24.4 Å². The first-order valence-corrected chi connectivity index (χ1v) is 11.7. The zero-order valence-corrected chi connectivity index (χ0v) is 18.0. The van der Waals surface area contributed by atoms with Gasteiger partial charge in [0, 0.05) is 43.8 Å². The molecule has 0 radical (unpaired) electrons. The van der Waals surface area contributed by atoms with Crippen molar-refractivity contribution in [1.29, 1.82) is 0 Å². The molecule has 1 aromatic heterocycles. The minimum atomic E-state index is -9.80. The largest absolute Gasteiger partial charge is 0.359 e. The molecule has 1 atom stereocenters. The summed E-state index contributed by atoms with van der Waals surface area (Å²) < 4.78 is 65.1. The third kappa shape index (κ3) is 5.67. The summed E-state index contributed by atoms with van der Waals surface area (Å²) in [6.45, 7) is 1.02. The second-order valence-electron chi connectivity index (χ2n) is 7.57. The van der Waals surface area contributed by atoms with Gasteiger partial charge in [0.05, 0.1) is 6.54 Å². The number of nitrogens with one attached hydrogen (secondary N) is 1. The number of benzene rings is 1. The molecule has 1 aliphatic rings. The molecule has 12 heteroatoms. The molecule has 1 fully saturated rings. The van der Waals surface area contributed by atoms with Gasteiger partial charge in [-0.25, -0.2) is 0 Å². The fourth-order valence-electron chi connectivity index (χ4n) is 3.51. The minimum Gasteiger partial charge on any atom is -0.359 e. The summed E-state index contributed by atoms with van der Waals surface area (Å²) in [4.78, 5) is 30.1. The maximum atomic E-state index is 13.0. The highest BCUT2D eigenvalue weighted by atomic mass is 32.5. The Kier molecular flexibility index (Phi) is 5.87. The molecule has 1 saturated heterocycles. The molecule has 1 aliphatic heterocycles. The van der Waals surface area contributed by atoms with Gasteiger partial charge in [0.25, 0.3) is 0 Å². The lowest BCUT2D eigenvalue weighted by molar-refractivity contribution is -0.132. The van der Waals surface area contributed by atoms with Crippen LogP contribution < -0.4 is 10.2 Å². The minimum absolute atomic E-state index is 0.102. The predicted molar refractivity (Wildman–Crippen MR) is 112 cm³/mol. The first-order valence-electron chi connectivity index (χ1n) is 9.79. The van der Waals surface area contributed by atoms with Gasteiger partial charge in [0.1, 0.15) is 10.9 Å². The summed E-state index contributed by atoms with van der Waals surface area (Å²) in [5.74, 6) is -0.812. The zero-order chi connectivity index (χ0) is 23.6. The Hall–Kier alpha value is -2.89. The highest BCUT2D eigenvalue weighted by molar-refractivity contribution is 8.45. The predicted octanol–water partition coefficient (Wildman–Crippen LogP) is 4.66. The van der Waals surface area contributed by atoms with Gasteiger partial charge in [-0.15, -0.1) is 0 Å². The first kappa shape index (κ1) is 23.8. The van der Waals surface area contributed by atoms with Gasteiger partial charge in [-0.3, -0.25) is 14.6 Å². The molecule has 1 aromatic carbocycles. The van der Waals surface area contributed by atoms with Crippen molar-refractivity contribution in [3.05, 3.63) is 54.4 Å². The number of amides is 2. The van der Waals surface area contributed by atoms with Gasteiger partial charge in [-0.2, -0.15) is 0 Å². The van der Waals surface area contributed by atoms with E-state index < -0.39 is 27.1 Å². The second kappa shape index (κ2) is 7.91. The summed E-state index contributed by atoms with van der Waals surface area (Å²) in [6.07, 6.45) is 4.69. The van der Waals surface area contributed by atoms with E-state index in [9.17, 15) is 29.0 Å². The van der Waals surface area contributed by atoms with Crippen molar-refractivity contribution in [3.8, 4) is 0 Å². The number of anilines is 1. The van der Waals surface area contributed by atoms with E-state index in [1.54, 1.807) is 17.0 Å². The Bertz CT molecular complexity index is 982. The fraction of sp³-hybridized carbons (Fsp3) is 0.350. The molecular weight excluding hydrogens is 455 g/mol. The molecule has 2 heterocycles. The quantitative estimate of drug-likeness (QED) is 0.589. The number of hydrogen-bond acceptors (Lipinski definition) is 4. The smallest absolute Gasteiger partial charge is 0.310 e. The lowest BCUT2D eigenvalue weighted by atomic mass is 10.1. The van der Waals surface area contributed by atoms with Crippen LogP contribution in [0.25, 0.3) is 0 Å². The molecule has 1 N–H and O–H groups in total. The van der Waals surface area contributed by atoms with E-state index in [1.807, 2.05) is 0 Å². The van der Waals surface area contributed by atoms with Crippen LogP contribution in [0.3, 0.4) is 0 Å². The number of nitrogens with zero attached hydrogens (tertiary/aromatic N) is 3. The number of likely N-dealkylation sites (tertiary alicyclic amines) is 1. The maximum Gasteiger partial charge on any atom is 0.310 e. The van der Waals surface area contributed by atoms with Crippen LogP contribution in [0.5, 0.6) is 0 Å². The number of aromatic nitrogens is 1. The van der Waals surface area contributed by atoms with E-state index in [0.29, 0.717) is 30.8 Å². The van der Waals surface area contributed by atoms with E-state index in [2.05, 4.69) is 10.3 Å². The maximum absolute atomic E-state index is 13.0. The van der Waals surface area contributed by atoms with Gasteiger partial charge in [-0.1, -0.05) is 25.5 Å². The Balaban J connectivity index is 1.82. The number of carbonyl (C=O) groups excluding carboxylic acids is 2. The highest BCUT2D eigenvalue weighted by Gasteiger charge is 2.65. The molecule has 3 rings (SSSR count). The Morgan fingerprint density at radius 3 is 2.25 bits per heavy atom. The van der Waals surface area contributed by atoms with Crippen LogP contribution in [0.15, 0.2) is 53.7 Å². The molecule has 1 unspecified atom stereocenters. The summed E-state index contributed by atoms with van der Waals surface area (Å²) in [6, 6.07) is 4.46. The van der Waals surface area contributed by atoms with Crippen LogP contribution in [0.4, 0.5) is 25.1 Å². The van der Waals surface area contributed by atoms with Crippen LogP contribution in [-0.4, -0.2) is 48.4 Å². The van der Waals surface area contributed by atoms with Gasteiger partial charge in [-0.05, 0) is 43.2 Å². The average molecular weight is 478 g/mol. The van der Waals surface area contributed by atoms with E-state index in [4.69, 9.17) is 0 Å². The Labute approximate surface area is 182 Å². The number of likely N-dealkylation sites (N-methyl/N-ethyl adjacent to an activating group) is 1. The van der Waals surface area contributed by atoms with Crippen molar-refractivity contribution < 1.29 is 29.0 Å². The number of rotatable bonds is 7. The molecule has 6 nitrogen and oxygen atoms in total. The molecule has 0 bridgehead atoms. The van der Waals surface area contributed by atoms with Gasteiger partial charge >= 0.3 is 10.2 Å². The summed E-state index contributed by atoms with van der Waals surface area (Å²) in [5.41, 5.74) is 0.517. The molecular formula is C20H23F5N4O2S. The number of pyridine rings is 1. The van der Waals surface area contributed by atoms with E-state index in [1.165, 1.54) is 24.3 Å². The molecule has 2 amide bonds. The second-order valence-corrected chi connectivity index (χ2v) is 9.98. The summed E-state index contributed by atoms with van der Waals surface area (Å²) in [5, 5.41) is 2.56. The Morgan fingerprint density at radius 1 is 1.09 bits per heavy atom. The lowest BCUT2D eigenvalue weighted by Crippen LogP contribution is -2.44. The van der Waals surface area contributed by atoms with Crippen LogP contribution in [0, 0.1) is 0 Å². The van der Waals surface area contributed by atoms with Crippen LogP contribution >= 0.6 is 10.2 Å². The molecule has 0 aliphatic carbocycles. The SMILES string of the molecule is CN(c1ccc(S(F)(F)(F)(F)F)cc1)C(C(=O)NCC(=O)N1CCCC1)c1cccnc1. The normalized spacial score (nSPS) is 17.2. The van der Waals surface area contributed by atoms with Gasteiger partial charge in [0.2, 0.25) is 11.8 Å². The number of hydrogen-bond donors (Lipinski definition) is 1. The molecule has 32 heavy (non-hydrogen) atoms. The van der Waals surface area contributed by atoms with E-state index in [0.717, 1.165) is 25.0 Å². The molecule has 2 aromatic rings. The van der Waals surface area contributed by atoms with Gasteiger partial charge < -0.3 is 15.1 Å². The van der Waals surface area contributed by atoms with Crippen LogP contribution in [0.2, 0.25) is 0 Å². The molecule has 0 saturated carbocycles. The van der Waals surface area contributed by atoms with Crippen molar-refractivity contribution in [2.24, 2.45) is 0 Å². The van der Waals surface area contributed by atoms with Crippen molar-refractivity contribution in [1.82, 2.24) is 15.2 Å². The van der Waals surface area contributed by atoms with Crippen molar-refractivity contribution >= 4 is 27.7 Å². The fourth-order valence-corrected chi connectivity index (χ4v) is 4.16. The third-order valence-electron chi connectivity index (χ3n) is 5.20. The Morgan fingerprint density at radius 2 is 1.72 bits per heavy atom. The van der Waals surface area contributed by atoms with Gasteiger partial charge in [0.15, 0.2) is 0 Å². The number of halogens is 5. The summed E-state index contributed by atoms with van der Waals surface area (Å²) >= 11 is 0. The summed E-state index contributed by atoms with van der Waals surface area (Å²) in [7, 11) is -8.37. The van der Waals surface area contributed by atoms with Crippen molar-refractivity contribution in [2.45, 2.75) is 23.8 Å². The van der Waals surface area contributed by atoms with E-state index in [-0.39, 0.29) is 18.1 Å². The van der Waals surface area contributed by atoms with E-state index >= 15 is 0 Å². The first-order chi connectivity index (χ1) is 14.8. The topological polar surface area (TPSA) is 65.5 Å². The van der Waals surface area contributed by atoms with Crippen molar-refractivity contribution in [2.75, 3.05) is 31.6 Å². The molecule has 0 spiro atoms. The standard InChI is InChI=1S/C20H23F5N4O2S/c1-28(16-6-8-17(9-7-16)32(21,22,23,24)25)19(15-5-4-10-26-13-15)20(31)27-14-18(30)29-11-2-3-12-29/h4-10,13,19H,2-3,11-12,14H2,1H3,(H,27,31). The average Bonchev–Trinajstić information content (AvgIpc) is 3.26. The third-order valence-corrected chi connectivity index (χ3v) is 6.36. The highest BCUT2D eigenvalue weighted by Crippen LogP contribution is 3.02. The van der Waals surface area contributed by atoms with Crippen molar-refractivity contribution in [3.63, 3.8) is 0 Å².